The van der Waals surface area contributed by atoms with Gasteiger partial charge in [-0.15, -0.1) is 0 Å². The lowest BCUT2D eigenvalue weighted by atomic mass is 10.2. The van der Waals surface area contributed by atoms with Crippen LogP contribution in [-0.4, -0.2) is 5.91 Å². The van der Waals surface area contributed by atoms with Gasteiger partial charge in [-0.2, -0.15) is 5.26 Å². The van der Waals surface area contributed by atoms with Crippen LogP contribution in [0.1, 0.15) is 22.2 Å². The minimum atomic E-state index is -0.830. The van der Waals surface area contributed by atoms with Crippen LogP contribution < -0.4 is 5.32 Å². The Bertz CT molecular complexity index is 587. The van der Waals surface area contributed by atoms with Crippen molar-refractivity contribution < 1.29 is 9.21 Å². The molecule has 1 N–H and O–H groups in total. The van der Waals surface area contributed by atoms with E-state index in [0.717, 1.165) is 0 Å². The highest BCUT2D eigenvalue weighted by atomic mass is 35.5. The fraction of sp³-hybridized carbons (Fsp3) is 0.0769. The van der Waals surface area contributed by atoms with E-state index < -0.39 is 11.9 Å². The molecule has 1 heterocycles. The third kappa shape index (κ3) is 2.53. The number of benzene rings is 1. The number of carbonyl (C=O) groups excluding carboxylic acids is 1. The first-order chi connectivity index (χ1) is 8.72. The van der Waals surface area contributed by atoms with Crippen LogP contribution in [0.15, 0.2) is 47.1 Å². The molecule has 18 heavy (non-hydrogen) atoms. The number of carbonyl (C=O) groups is 1. The predicted octanol–water partition coefficient (Wildman–Crippen LogP) is 2.93. The molecule has 1 aromatic heterocycles. The maximum absolute atomic E-state index is 11.9. The van der Waals surface area contributed by atoms with Gasteiger partial charge in [-0.05, 0) is 24.3 Å². The van der Waals surface area contributed by atoms with Gasteiger partial charge in [-0.3, -0.25) is 4.79 Å². The van der Waals surface area contributed by atoms with Crippen molar-refractivity contribution in [3.05, 3.63) is 59.0 Å². The molecule has 0 spiro atoms. The van der Waals surface area contributed by atoms with Crippen molar-refractivity contribution in [2.75, 3.05) is 0 Å². The summed E-state index contributed by atoms with van der Waals surface area (Å²) in [6.45, 7) is 0. The van der Waals surface area contributed by atoms with E-state index in [0.29, 0.717) is 16.3 Å². The Labute approximate surface area is 109 Å². The molecule has 90 valence electrons. The minimum Gasteiger partial charge on any atom is -0.466 e. The number of nitrogens with zero attached hydrogens (tertiary/aromatic N) is 1. The zero-order valence-electron chi connectivity index (χ0n) is 9.26. The smallest absolute Gasteiger partial charge is 0.254 e. The van der Waals surface area contributed by atoms with E-state index in [1.165, 1.54) is 6.26 Å². The first-order valence-corrected chi connectivity index (χ1v) is 5.58. The summed E-state index contributed by atoms with van der Waals surface area (Å²) >= 11 is 5.90. The maximum atomic E-state index is 11.9. The SMILES string of the molecule is N#CC(NC(=O)c1ccccc1Cl)c1ccco1. The molecule has 4 nitrogen and oxygen atoms in total. The second-order valence-electron chi connectivity index (χ2n) is 3.53. The van der Waals surface area contributed by atoms with Crippen molar-refractivity contribution in [1.82, 2.24) is 5.32 Å². The summed E-state index contributed by atoms with van der Waals surface area (Å²) in [7, 11) is 0. The second kappa shape index (κ2) is 5.39. The summed E-state index contributed by atoms with van der Waals surface area (Å²) in [6.07, 6.45) is 1.45. The van der Waals surface area contributed by atoms with Crippen LogP contribution in [0.5, 0.6) is 0 Å². The topological polar surface area (TPSA) is 66.0 Å². The normalized spacial score (nSPS) is 11.6. The molecule has 5 heteroatoms. The fourth-order valence-corrected chi connectivity index (χ4v) is 1.70. The summed E-state index contributed by atoms with van der Waals surface area (Å²) in [5.41, 5.74) is 0.325. The number of halogens is 1. The molecular weight excluding hydrogens is 252 g/mol. The van der Waals surface area contributed by atoms with Crippen molar-refractivity contribution in [2.24, 2.45) is 0 Å². The zero-order chi connectivity index (χ0) is 13.0. The number of nitrogens with one attached hydrogen (secondary N) is 1. The largest absolute Gasteiger partial charge is 0.466 e. The Morgan fingerprint density at radius 1 is 1.33 bits per heavy atom. The maximum Gasteiger partial charge on any atom is 0.254 e. The van der Waals surface area contributed by atoms with Gasteiger partial charge >= 0.3 is 0 Å². The summed E-state index contributed by atoms with van der Waals surface area (Å²) < 4.78 is 5.08. The Kier molecular flexibility index (Phi) is 3.66. The second-order valence-corrected chi connectivity index (χ2v) is 3.94. The molecule has 1 aromatic carbocycles. The number of amides is 1. The van der Waals surface area contributed by atoms with Gasteiger partial charge < -0.3 is 9.73 Å². The minimum absolute atomic E-state index is 0.325. The van der Waals surface area contributed by atoms with Gasteiger partial charge in [0.2, 0.25) is 0 Å². The highest BCUT2D eigenvalue weighted by Gasteiger charge is 2.18. The number of rotatable bonds is 3. The molecular formula is C13H9ClN2O2. The van der Waals surface area contributed by atoms with E-state index in [2.05, 4.69) is 5.32 Å². The summed E-state index contributed by atoms with van der Waals surface area (Å²) in [4.78, 5) is 11.9. The van der Waals surface area contributed by atoms with Crippen LogP contribution in [-0.2, 0) is 0 Å². The highest BCUT2D eigenvalue weighted by Crippen LogP contribution is 2.17. The standard InChI is InChI=1S/C13H9ClN2O2/c14-10-5-2-1-4-9(10)13(17)16-11(8-15)12-6-3-7-18-12/h1-7,11H,(H,16,17). The molecule has 1 unspecified atom stereocenters. The Balaban J connectivity index is 2.17. The molecule has 0 aliphatic rings. The van der Waals surface area contributed by atoms with Crippen LogP contribution in [0.4, 0.5) is 0 Å². The van der Waals surface area contributed by atoms with Gasteiger partial charge in [-0.25, -0.2) is 0 Å². The lowest BCUT2D eigenvalue weighted by Gasteiger charge is -2.09. The molecule has 0 radical (unpaired) electrons. The molecule has 2 rings (SSSR count). The number of hydrogen-bond donors (Lipinski definition) is 1. The fourth-order valence-electron chi connectivity index (χ4n) is 1.48. The lowest BCUT2D eigenvalue weighted by molar-refractivity contribution is 0.0941. The Morgan fingerprint density at radius 3 is 2.72 bits per heavy atom. The predicted molar refractivity (Wildman–Crippen MR) is 66.0 cm³/mol. The van der Waals surface area contributed by atoms with E-state index >= 15 is 0 Å². The van der Waals surface area contributed by atoms with E-state index in [1.807, 2.05) is 6.07 Å². The third-order valence-corrected chi connectivity index (χ3v) is 2.68. The zero-order valence-corrected chi connectivity index (χ0v) is 10.0. The quantitative estimate of drug-likeness (QED) is 0.923. The van der Waals surface area contributed by atoms with E-state index in [4.69, 9.17) is 21.3 Å². The Morgan fingerprint density at radius 2 is 2.11 bits per heavy atom. The van der Waals surface area contributed by atoms with Crippen molar-refractivity contribution in [2.45, 2.75) is 6.04 Å². The van der Waals surface area contributed by atoms with Crippen LogP contribution in [0.25, 0.3) is 0 Å². The first kappa shape index (κ1) is 12.2. The van der Waals surface area contributed by atoms with Crippen LogP contribution in [0.3, 0.4) is 0 Å². The van der Waals surface area contributed by atoms with E-state index in [9.17, 15) is 4.79 Å². The average Bonchev–Trinajstić information content (AvgIpc) is 2.90. The van der Waals surface area contributed by atoms with Gasteiger partial charge in [0, 0.05) is 0 Å². The average molecular weight is 261 g/mol. The molecule has 0 aliphatic heterocycles. The molecule has 2 aromatic rings. The highest BCUT2D eigenvalue weighted by molar-refractivity contribution is 6.33. The molecule has 0 aliphatic carbocycles. The molecule has 0 saturated carbocycles. The molecule has 1 amide bonds. The van der Waals surface area contributed by atoms with Gasteiger partial charge in [0.05, 0.1) is 22.9 Å². The number of hydrogen-bond acceptors (Lipinski definition) is 3. The van der Waals surface area contributed by atoms with E-state index in [1.54, 1.807) is 36.4 Å². The molecule has 0 bridgehead atoms. The van der Waals surface area contributed by atoms with Gasteiger partial charge in [0.1, 0.15) is 5.76 Å². The lowest BCUT2D eigenvalue weighted by Crippen LogP contribution is -2.27. The molecule has 0 fully saturated rings. The molecule has 0 saturated heterocycles. The van der Waals surface area contributed by atoms with Crippen LogP contribution in [0.2, 0.25) is 5.02 Å². The number of nitriles is 1. The van der Waals surface area contributed by atoms with Crippen molar-refractivity contribution in [3.8, 4) is 6.07 Å². The van der Waals surface area contributed by atoms with Crippen molar-refractivity contribution in [3.63, 3.8) is 0 Å². The number of furan rings is 1. The van der Waals surface area contributed by atoms with Gasteiger partial charge in [0.25, 0.3) is 5.91 Å². The monoisotopic (exact) mass is 260 g/mol. The summed E-state index contributed by atoms with van der Waals surface area (Å²) in [6, 6.07) is 11.0. The first-order valence-electron chi connectivity index (χ1n) is 5.21. The third-order valence-electron chi connectivity index (χ3n) is 2.35. The van der Waals surface area contributed by atoms with Crippen LogP contribution >= 0.6 is 11.6 Å². The van der Waals surface area contributed by atoms with Crippen molar-refractivity contribution in [1.29, 1.82) is 5.26 Å². The van der Waals surface area contributed by atoms with Crippen LogP contribution in [0, 0.1) is 11.3 Å². The van der Waals surface area contributed by atoms with Gasteiger partial charge in [0.15, 0.2) is 6.04 Å². The molecule has 1 atom stereocenters. The van der Waals surface area contributed by atoms with E-state index in [-0.39, 0.29) is 0 Å². The van der Waals surface area contributed by atoms with Gasteiger partial charge in [-0.1, -0.05) is 23.7 Å². The summed E-state index contributed by atoms with van der Waals surface area (Å²) in [5, 5.41) is 11.9. The summed E-state index contributed by atoms with van der Waals surface area (Å²) in [5.74, 6) is -0.0264. The Hall–Kier alpha value is -2.25. The van der Waals surface area contributed by atoms with Crippen molar-refractivity contribution >= 4 is 17.5 Å².